The first-order valence-corrected chi connectivity index (χ1v) is 11.0. The van der Waals surface area contributed by atoms with Crippen LogP contribution in [0, 0.1) is 0 Å². The highest BCUT2D eigenvalue weighted by molar-refractivity contribution is 5.82. The molecule has 3 aromatic rings. The molecule has 4 heterocycles. The van der Waals surface area contributed by atoms with Crippen molar-refractivity contribution in [1.82, 2.24) is 29.9 Å². The average molecular weight is 422 g/mol. The monoisotopic (exact) mass is 421 g/mol. The molecule has 0 bridgehead atoms. The van der Waals surface area contributed by atoms with E-state index in [9.17, 15) is 4.79 Å². The predicted molar refractivity (Wildman–Crippen MR) is 116 cm³/mol. The van der Waals surface area contributed by atoms with Crippen LogP contribution in [0.25, 0.3) is 11.2 Å². The van der Waals surface area contributed by atoms with Crippen molar-refractivity contribution >= 4 is 22.9 Å². The smallest absolute Gasteiger partial charge is 0.223 e. The summed E-state index contributed by atoms with van der Waals surface area (Å²) in [5.74, 6) is 1.02. The SMILES string of the molecule is O=C(CCc1ccccc1)N1CCOC(Cn2nnc3c(N4CCCC4)ncnc32)C1. The third-order valence-corrected chi connectivity index (χ3v) is 6.02. The van der Waals surface area contributed by atoms with Gasteiger partial charge in [0, 0.05) is 32.6 Å². The van der Waals surface area contributed by atoms with Gasteiger partial charge in [-0.25, -0.2) is 14.6 Å². The Morgan fingerprint density at radius 2 is 1.94 bits per heavy atom. The first kappa shape index (κ1) is 19.9. The van der Waals surface area contributed by atoms with Crippen LogP contribution < -0.4 is 4.90 Å². The van der Waals surface area contributed by atoms with Crippen molar-refractivity contribution in [2.75, 3.05) is 37.7 Å². The largest absolute Gasteiger partial charge is 0.373 e. The molecule has 31 heavy (non-hydrogen) atoms. The summed E-state index contributed by atoms with van der Waals surface area (Å²) >= 11 is 0. The molecule has 1 unspecified atom stereocenters. The topological polar surface area (TPSA) is 89.3 Å². The lowest BCUT2D eigenvalue weighted by atomic mass is 10.1. The quantitative estimate of drug-likeness (QED) is 0.598. The number of anilines is 1. The van der Waals surface area contributed by atoms with Crippen LogP contribution in [-0.4, -0.2) is 74.7 Å². The fraction of sp³-hybridized carbons (Fsp3) is 0.500. The molecule has 9 heteroatoms. The second-order valence-corrected chi connectivity index (χ2v) is 8.15. The Balaban J connectivity index is 1.23. The van der Waals surface area contributed by atoms with Gasteiger partial charge in [-0.2, -0.15) is 0 Å². The molecular weight excluding hydrogens is 394 g/mol. The first-order chi connectivity index (χ1) is 15.3. The standard InChI is InChI=1S/C22H27N7O2/c30-19(9-8-17-6-2-1-3-7-17)28-12-13-31-18(14-28)15-29-22-20(25-26-29)21(23-16-24-22)27-10-4-5-11-27/h1-3,6-7,16,18H,4-5,8-15H2. The fourth-order valence-corrected chi connectivity index (χ4v) is 4.37. The molecule has 2 saturated heterocycles. The lowest BCUT2D eigenvalue weighted by Crippen LogP contribution is -2.47. The number of aryl methyl sites for hydroxylation is 1. The Hall–Kier alpha value is -3.07. The summed E-state index contributed by atoms with van der Waals surface area (Å²) in [7, 11) is 0. The molecule has 1 atom stereocenters. The molecule has 0 spiro atoms. The summed E-state index contributed by atoms with van der Waals surface area (Å²) in [6.45, 7) is 4.20. The number of carbonyl (C=O) groups is 1. The van der Waals surface area contributed by atoms with Crippen molar-refractivity contribution in [2.24, 2.45) is 0 Å². The maximum absolute atomic E-state index is 12.7. The summed E-state index contributed by atoms with van der Waals surface area (Å²) in [4.78, 5) is 25.7. The highest BCUT2D eigenvalue weighted by atomic mass is 16.5. The van der Waals surface area contributed by atoms with Crippen molar-refractivity contribution in [3.63, 3.8) is 0 Å². The van der Waals surface area contributed by atoms with E-state index in [0.717, 1.165) is 30.8 Å². The van der Waals surface area contributed by atoms with Gasteiger partial charge in [0.25, 0.3) is 0 Å². The summed E-state index contributed by atoms with van der Waals surface area (Å²) in [5.41, 5.74) is 2.63. The maximum Gasteiger partial charge on any atom is 0.223 e. The molecule has 0 radical (unpaired) electrons. The van der Waals surface area contributed by atoms with Gasteiger partial charge in [-0.3, -0.25) is 4.79 Å². The van der Waals surface area contributed by atoms with Gasteiger partial charge in [-0.05, 0) is 24.8 Å². The second kappa shape index (κ2) is 8.97. The molecule has 5 rings (SSSR count). The number of hydrogen-bond acceptors (Lipinski definition) is 7. The van der Waals surface area contributed by atoms with Crippen molar-refractivity contribution in [2.45, 2.75) is 38.3 Å². The third-order valence-electron chi connectivity index (χ3n) is 6.02. The first-order valence-electron chi connectivity index (χ1n) is 11.0. The number of rotatable bonds is 6. The Morgan fingerprint density at radius 1 is 1.10 bits per heavy atom. The second-order valence-electron chi connectivity index (χ2n) is 8.15. The van der Waals surface area contributed by atoms with E-state index in [1.54, 1.807) is 11.0 Å². The zero-order valence-electron chi connectivity index (χ0n) is 17.6. The highest BCUT2D eigenvalue weighted by Gasteiger charge is 2.26. The number of ether oxygens (including phenoxy) is 1. The molecule has 162 valence electrons. The minimum atomic E-state index is -0.135. The molecule has 1 aromatic carbocycles. The van der Waals surface area contributed by atoms with E-state index < -0.39 is 0 Å². The number of benzene rings is 1. The number of aromatic nitrogens is 5. The zero-order chi connectivity index (χ0) is 21.0. The minimum Gasteiger partial charge on any atom is -0.373 e. The average Bonchev–Trinajstić information content (AvgIpc) is 3.49. The van der Waals surface area contributed by atoms with Crippen LogP contribution in [0.5, 0.6) is 0 Å². The van der Waals surface area contributed by atoms with Gasteiger partial charge in [-0.15, -0.1) is 5.10 Å². The molecule has 9 nitrogen and oxygen atoms in total. The normalized spacial score (nSPS) is 19.3. The van der Waals surface area contributed by atoms with Crippen molar-refractivity contribution in [3.05, 3.63) is 42.2 Å². The highest BCUT2D eigenvalue weighted by Crippen LogP contribution is 2.24. The third kappa shape index (κ3) is 4.36. The number of amides is 1. The maximum atomic E-state index is 12.7. The van der Waals surface area contributed by atoms with Crippen LogP contribution in [0.2, 0.25) is 0 Å². The van der Waals surface area contributed by atoms with Gasteiger partial charge in [0.2, 0.25) is 5.91 Å². The molecule has 2 aliphatic rings. The number of morpholine rings is 1. The Kier molecular flexibility index (Phi) is 5.75. The number of carbonyl (C=O) groups excluding carboxylic acids is 1. The van der Waals surface area contributed by atoms with E-state index in [1.165, 1.54) is 18.4 Å². The molecular formula is C22H27N7O2. The molecule has 0 aliphatic carbocycles. The van der Waals surface area contributed by atoms with E-state index in [2.05, 4.69) is 37.3 Å². The van der Waals surface area contributed by atoms with Crippen LogP contribution in [0.1, 0.15) is 24.8 Å². The molecule has 0 saturated carbocycles. The predicted octanol–water partition coefficient (Wildman–Crippen LogP) is 1.68. The minimum absolute atomic E-state index is 0.135. The van der Waals surface area contributed by atoms with E-state index in [-0.39, 0.29) is 12.0 Å². The van der Waals surface area contributed by atoms with Crippen LogP contribution >= 0.6 is 0 Å². The number of hydrogen-bond donors (Lipinski definition) is 0. The van der Waals surface area contributed by atoms with Gasteiger partial charge in [0.05, 0.1) is 19.3 Å². The van der Waals surface area contributed by atoms with Gasteiger partial charge in [0.15, 0.2) is 17.0 Å². The Morgan fingerprint density at radius 3 is 2.77 bits per heavy atom. The summed E-state index contributed by atoms with van der Waals surface area (Å²) < 4.78 is 7.71. The molecule has 2 aliphatic heterocycles. The Bertz CT molecular complexity index is 1030. The molecule has 2 aromatic heterocycles. The van der Waals surface area contributed by atoms with E-state index in [1.807, 2.05) is 23.1 Å². The molecule has 2 fully saturated rings. The van der Waals surface area contributed by atoms with Crippen molar-refractivity contribution in [3.8, 4) is 0 Å². The number of nitrogens with zero attached hydrogens (tertiary/aromatic N) is 7. The lowest BCUT2D eigenvalue weighted by molar-refractivity contribution is -0.139. The molecule has 0 N–H and O–H groups in total. The van der Waals surface area contributed by atoms with Gasteiger partial charge >= 0.3 is 0 Å². The van der Waals surface area contributed by atoms with Gasteiger partial charge in [0.1, 0.15) is 6.33 Å². The van der Waals surface area contributed by atoms with E-state index in [0.29, 0.717) is 38.3 Å². The van der Waals surface area contributed by atoms with Gasteiger partial charge < -0.3 is 14.5 Å². The Labute approximate surface area is 181 Å². The van der Waals surface area contributed by atoms with Crippen LogP contribution in [-0.2, 0) is 22.5 Å². The molecule has 1 amide bonds. The number of fused-ring (bicyclic) bond motifs is 1. The lowest BCUT2D eigenvalue weighted by Gasteiger charge is -2.33. The zero-order valence-corrected chi connectivity index (χ0v) is 17.6. The van der Waals surface area contributed by atoms with Crippen LogP contribution in [0.15, 0.2) is 36.7 Å². The van der Waals surface area contributed by atoms with Crippen LogP contribution in [0.3, 0.4) is 0 Å². The van der Waals surface area contributed by atoms with Crippen LogP contribution in [0.4, 0.5) is 5.82 Å². The van der Waals surface area contributed by atoms with Gasteiger partial charge in [-0.1, -0.05) is 35.5 Å². The van der Waals surface area contributed by atoms with E-state index in [4.69, 9.17) is 4.74 Å². The van der Waals surface area contributed by atoms with Crippen molar-refractivity contribution in [1.29, 1.82) is 0 Å². The summed E-state index contributed by atoms with van der Waals surface area (Å²) in [6.07, 6.45) is 5.05. The summed E-state index contributed by atoms with van der Waals surface area (Å²) in [6, 6.07) is 10.1. The fourth-order valence-electron chi connectivity index (χ4n) is 4.37. The summed E-state index contributed by atoms with van der Waals surface area (Å²) in [5, 5.41) is 8.68. The van der Waals surface area contributed by atoms with Crippen molar-refractivity contribution < 1.29 is 9.53 Å². The van der Waals surface area contributed by atoms with E-state index >= 15 is 0 Å².